The van der Waals surface area contributed by atoms with Crippen molar-refractivity contribution < 1.29 is 28.9 Å². The zero-order chi connectivity index (χ0) is 36.3. The lowest BCUT2D eigenvalue weighted by Gasteiger charge is -2.60. The Bertz CT molecular complexity index is 1790. The summed E-state index contributed by atoms with van der Waals surface area (Å²) in [6.07, 6.45) is 13.4. The predicted octanol–water partition coefficient (Wildman–Crippen LogP) is 6.78. The van der Waals surface area contributed by atoms with Gasteiger partial charge in [-0.2, -0.15) is 5.26 Å². The van der Waals surface area contributed by atoms with Crippen LogP contribution in [0.4, 0.5) is 0 Å². The summed E-state index contributed by atoms with van der Waals surface area (Å²) in [6, 6.07) is 3.34. The highest BCUT2D eigenvalue weighted by Crippen LogP contribution is 2.57. The van der Waals surface area contributed by atoms with Crippen LogP contribution in [0, 0.1) is 43.9 Å². The number of likely N-dealkylation sites (N-methyl/N-ethyl adjacent to an activating group) is 1. The SMILES string of the molecule is Cc1cc2c(c(OC(=O)CC3CCCCC3)c1C)[C@@H]1C3Cc4c(O)c(C)c5c(c4[C@H](CNC(=O)CC4CCCCC4)N3[C@@H](C#N)[C@H](C2)N1C)OCO5. The van der Waals surface area contributed by atoms with Gasteiger partial charge in [-0.3, -0.25) is 19.4 Å². The molecule has 2 aromatic carbocycles. The van der Waals surface area contributed by atoms with Gasteiger partial charge in [0.15, 0.2) is 11.5 Å². The van der Waals surface area contributed by atoms with Crippen molar-refractivity contribution in [3.63, 3.8) is 0 Å². The number of piperazine rings is 1. The largest absolute Gasteiger partial charge is 0.507 e. The van der Waals surface area contributed by atoms with Crippen LogP contribution in [0.2, 0.25) is 0 Å². The number of phenolic OH excluding ortho intramolecular Hbond substituents is 1. The topological polar surface area (TPSA) is 124 Å². The fourth-order valence-electron chi connectivity index (χ4n) is 10.7. The van der Waals surface area contributed by atoms with Gasteiger partial charge in [-0.25, -0.2) is 0 Å². The highest BCUT2D eigenvalue weighted by atomic mass is 16.7. The number of aromatic hydroxyl groups is 1. The predicted molar refractivity (Wildman–Crippen MR) is 195 cm³/mol. The minimum Gasteiger partial charge on any atom is -0.507 e. The molecule has 2 bridgehead atoms. The zero-order valence-corrected chi connectivity index (χ0v) is 31.3. The number of nitriles is 1. The van der Waals surface area contributed by atoms with Crippen molar-refractivity contribution in [2.24, 2.45) is 11.8 Å². The molecule has 0 radical (unpaired) electrons. The fourth-order valence-corrected chi connectivity index (χ4v) is 10.7. The monoisotopic (exact) mass is 710 g/mol. The normalized spacial score (nSPS) is 27.2. The highest BCUT2D eigenvalue weighted by molar-refractivity contribution is 5.77. The minimum atomic E-state index is -0.506. The first-order chi connectivity index (χ1) is 25.2. The molecule has 2 N–H and O–H groups in total. The number of esters is 1. The van der Waals surface area contributed by atoms with Crippen LogP contribution in [-0.4, -0.2) is 65.3 Å². The maximum absolute atomic E-state index is 13.7. The summed E-state index contributed by atoms with van der Waals surface area (Å²) in [5.74, 6) is 2.54. The number of hydrogen-bond donors (Lipinski definition) is 2. The summed E-state index contributed by atoms with van der Waals surface area (Å²) < 4.78 is 18.5. The molecule has 3 fully saturated rings. The average molecular weight is 711 g/mol. The molecule has 6 aliphatic rings. The molecule has 52 heavy (non-hydrogen) atoms. The van der Waals surface area contributed by atoms with Crippen LogP contribution in [0.3, 0.4) is 0 Å². The van der Waals surface area contributed by atoms with Crippen molar-refractivity contribution in [3.05, 3.63) is 45.0 Å². The Hall–Kier alpha value is -3.81. The number of aryl methyl sites for hydroxylation is 1. The van der Waals surface area contributed by atoms with E-state index in [0.29, 0.717) is 60.3 Å². The van der Waals surface area contributed by atoms with E-state index >= 15 is 0 Å². The maximum Gasteiger partial charge on any atom is 0.311 e. The first-order valence-corrected chi connectivity index (χ1v) is 19.8. The van der Waals surface area contributed by atoms with Gasteiger partial charge >= 0.3 is 5.97 Å². The molecular formula is C42H54N4O6. The number of carbonyl (C=O) groups is 2. The second-order valence-corrected chi connectivity index (χ2v) is 16.5. The van der Waals surface area contributed by atoms with Gasteiger partial charge in [-0.1, -0.05) is 44.6 Å². The Labute approximate surface area is 307 Å². The molecule has 2 aromatic rings. The molecule has 10 nitrogen and oxygen atoms in total. The number of carbonyl (C=O) groups excluding carboxylic acids is 2. The second kappa shape index (κ2) is 14.2. The third kappa shape index (κ3) is 6.02. The Morgan fingerprint density at radius 1 is 0.923 bits per heavy atom. The third-order valence-electron chi connectivity index (χ3n) is 13.5. The molecule has 4 aliphatic heterocycles. The van der Waals surface area contributed by atoms with Crippen molar-refractivity contribution in [3.8, 4) is 29.1 Å². The fraction of sp³-hybridized carbons (Fsp3) is 0.643. The number of hydrogen-bond acceptors (Lipinski definition) is 9. The maximum atomic E-state index is 13.7. The number of rotatable bonds is 7. The Balaban J connectivity index is 1.21. The molecule has 0 spiro atoms. The molecule has 278 valence electrons. The van der Waals surface area contributed by atoms with E-state index < -0.39 is 12.1 Å². The molecule has 2 aliphatic carbocycles. The van der Waals surface area contributed by atoms with Gasteiger partial charge in [0.05, 0.1) is 18.2 Å². The summed E-state index contributed by atoms with van der Waals surface area (Å²) in [7, 11) is 2.09. The first-order valence-electron chi connectivity index (χ1n) is 19.8. The molecule has 1 amide bonds. The van der Waals surface area contributed by atoms with Crippen LogP contribution in [0.5, 0.6) is 23.0 Å². The van der Waals surface area contributed by atoms with E-state index in [1.54, 1.807) is 0 Å². The highest BCUT2D eigenvalue weighted by Gasteiger charge is 2.56. The van der Waals surface area contributed by atoms with Crippen LogP contribution in [-0.2, 0) is 22.4 Å². The van der Waals surface area contributed by atoms with Gasteiger partial charge in [-0.15, -0.1) is 0 Å². The lowest BCUT2D eigenvalue weighted by Crippen LogP contribution is -2.68. The van der Waals surface area contributed by atoms with Gasteiger partial charge in [-0.05, 0) is 94.9 Å². The van der Waals surface area contributed by atoms with Crippen LogP contribution >= 0.6 is 0 Å². The number of benzene rings is 2. The molecule has 10 heteroatoms. The minimum absolute atomic E-state index is 0.0205. The van der Waals surface area contributed by atoms with Gasteiger partial charge < -0.3 is 24.6 Å². The zero-order valence-electron chi connectivity index (χ0n) is 31.3. The molecular weight excluding hydrogens is 656 g/mol. The third-order valence-corrected chi connectivity index (χ3v) is 13.5. The molecule has 4 heterocycles. The lowest BCUT2D eigenvalue weighted by atomic mass is 9.71. The smallest absolute Gasteiger partial charge is 0.311 e. The van der Waals surface area contributed by atoms with Crippen molar-refractivity contribution >= 4 is 11.9 Å². The van der Waals surface area contributed by atoms with Crippen LogP contribution < -0.4 is 19.5 Å². The van der Waals surface area contributed by atoms with Crippen LogP contribution in [0.25, 0.3) is 0 Å². The molecule has 1 saturated heterocycles. The van der Waals surface area contributed by atoms with Gasteiger partial charge in [0.2, 0.25) is 12.7 Å². The first kappa shape index (κ1) is 35.2. The summed E-state index contributed by atoms with van der Waals surface area (Å²) in [6.45, 7) is 6.29. The number of phenols is 1. The van der Waals surface area contributed by atoms with Crippen LogP contribution in [0.1, 0.15) is 128 Å². The second-order valence-electron chi connectivity index (χ2n) is 16.5. The van der Waals surface area contributed by atoms with E-state index in [9.17, 15) is 20.0 Å². The number of nitrogens with zero attached hydrogens (tertiary/aromatic N) is 3. The standard InChI is InChI=1S/C42H54N4O6/c1-23-15-28-18-30-32(20-43)46-31(38(45(30)4)36(28)40(24(23)2)52-35(48)17-27-13-9-6-10-14-27)19-29-37(42-41(50-22-51-42)25(3)39(29)49)33(46)21-44-34(47)16-26-11-7-5-8-12-26/h15,26-27,30-33,38,49H,5-14,16-19,21-22H2,1-4H3,(H,44,47)/t30-,31?,32-,33-,38-/m0/s1. The van der Waals surface area contributed by atoms with Gasteiger partial charge in [0.1, 0.15) is 17.5 Å². The lowest BCUT2D eigenvalue weighted by molar-refractivity contribution is -0.136. The summed E-state index contributed by atoms with van der Waals surface area (Å²) >= 11 is 0. The van der Waals surface area contributed by atoms with Gasteiger partial charge in [0.25, 0.3) is 0 Å². The average Bonchev–Trinajstić information content (AvgIpc) is 3.63. The molecule has 5 atom stereocenters. The van der Waals surface area contributed by atoms with E-state index in [4.69, 9.17) is 14.2 Å². The quantitative estimate of drug-likeness (QED) is 0.236. The number of fused-ring (bicyclic) bond motifs is 9. The number of ether oxygens (including phenoxy) is 3. The van der Waals surface area contributed by atoms with Gasteiger partial charge in [0, 0.05) is 53.7 Å². The molecule has 1 unspecified atom stereocenters. The van der Waals surface area contributed by atoms with Crippen molar-refractivity contribution in [2.75, 3.05) is 20.4 Å². The summed E-state index contributed by atoms with van der Waals surface area (Å²) in [5, 5.41) is 26.1. The van der Waals surface area contributed by atoms with E-state index in [1.807, 2.05) is 13.8 Å². The summed E-state index contributed by atoms with van der Waals surface area (Å²) in [4.78, 5) is 31.8. The summed E-state index contributed by atoms with van der Waals surface area (Å²) in [5.41, 5.74) is 6.35. The molecule has 0 aromatic heterocycles. The van der Waals surface area contributed by atoms with Crippen molar-refractivity contribution in [1.82, 2.24) is 15.1 Å². The molecule has 8 rings (SSSR count). The van der Waals surface area contributed by atoms with Crippen LogP contribution in [0.15, 0.2) is 6.07 Å². The Morgan fingerprint density at radius 3 is 2.29 bits per heavy atom. The van der Waals surface area contributed by atoms with E-state index in [-0.39, 0.29) is 49.1 Å². The van der Waals surface area contributed by atoms with Crippen molar-refractivity contribution in [2.45, 2.75) is 141 Å². The number of nitrogens with one attached hydrogen (secondary N) is 1. The number of amides is 1. The molecule has 2 saturated carbocycles. The Kier molecular flexibility index (Phi) is 9.62. The Morgan fingerprint density at radius 2 is 1.60 bits per heavy atom. The van der Waals surface area contributed by atoms with Crippen molar-refractivity contribution in [1.29, 1.82) is 5.26 Å². The van der Waals surface area contributed by atoms with E-state index in [2.05, 4.69) is 41.2 Å². The van der Waals surface area contributed by atoms with E-state index in [1.165, 1.54) is 38.5 Å². The van der Waals surface area contributed by atoms with E-state index in [0.717, 1.165) is 59.1 Å².